The summed E-state index contributed by atoms with van der Waals surface area (Å²) in [5, 5.41) is 3.65. The molecule has 1 aromatic carbocycles. The first-order valence-corrected chi connectivity index (χ1v) is 8.72. The minimum atomic E-state index is -0.372. The summed E-state index contributed by atoms with van der Waals surface area (Å²) in [5.41, 5.74) is 1.30. The van der Waals surface area contributed by atoms with E-state index in [-0.39, 0.29) is 23.1 Å². The van der Waals surface area contributed by atoms with Crippen LogP contribution in [0, 0.1) is 5.92 Å². The van der Waals surface area contributed by atoms with Gasteiger partial charge < -0.3 is 10.3 Å². The maximum absolute atomic E-state index is 12.4. The van der Waals surface area contributed by atoms with E-state index in [4.69, 9.17) is 11.6 Å². The molecule has 126 valence electrons. The van der Waals surface area contributed by atoms with Gasteiger partial charge in [-0.1, -0.05) is 43.5 Å². The number of halogens is 1. The monoisotopic (exact) mass is 344 g/mol. The SMILES string of the molecule is CC1CCCCC1NC(=O)c1ccc(-c2ccc(Cl)cc2)[nH]c1=O. The number of carbonyl (C=O) groups excluding carboxylic acids is 1. The summed E-state index contributed by atoms with van der Waals surface area (Å²) in [4.78, 5) is 27.5. The summed E-state index contributed by atoms with van der Waals surface area (Å²) in [5.74, 6) is 0.160. The van der Waals surface area contributed by atoms with E-state index in [2.05, 4.69) is 17.2 Å². The van der Waals surface area contributed by atoms with E-state index in [0.717, 1.165) is 24.8 Å². The zero-order valence-corrected chi connectivity index (χ0v) is 14.4. The lowest BCUT2D eigenvalue weighted by Crippen LogP contribution is -2.42. The van der Waals surface area contributed by atoms with Crippen LogP contribution in [0.3, 0.4) is 0 Å². The molecule has 2 N–H and O–H groups in total. The molecule has 2 aromatic rings. The number of hydrogen-bond donors (Lipinski definition) is 2. The zero-order chi connectivity index (χ0) is 17.1. The fourth-order valence-electron chi connectivity index (χ4n) is 3.23. The van der Waals surface area contributed by atoms with E-state index in [1.807, 2.05) is 12.1 Å². The lowest BCUT2D eigenvalue weighted by molar-refractivity contribution is 0.0909. The van der Waals surface area contributed by atoms with Crippen LogP contribution >= 0.6 is 11.6 Å². The Morgan fingerprint density at radius 2 is 1.83 bits per heavy atom. The topological polar surface area (TPSA) is 62.0 Å². The first-order chi connectivity index (χ1) is 11.5. The van der Waals surface area contributed by atoms with Gasteiger partial charge in [0, 0.05) is 16.8 Å². The van der Waals surface area contributed by atoms with Gasteiger partial charge >= 0.3 is 0 Å². The Bertz CT molecular complexity index is 783. The number of carbonyl (C=O) groups is 1. The van der Waals surface area contributed by atoms with Crippen LogP contribution in [0.5, 0.6) is 0 Å². The highest BCUT2D eigenvalue weighted by atomic mass is 35.5. The Labute approximate surface area is 146 Å². The van der Waals surface area contributed by atoms with Gasteiger partial charge in [0.1, 0.15) is 5.56 Å². The molecule has 24 heavy (non-hydrogen) atoms. The molecule has 1 aromatic heterocycles. The first-order valence-electron chi connectivity index (χ1n) is 8.35. The van der Waals surface area contributed by atoms with Crippen LogP contribution in [0.2, 0.25) is 5.02 Å². The molecule has 0 radical (unpaired) electrons. The molecule has 1 fully saturated rings. The number of H-pyrrole nitrogens is 1. The molecule has 0 spiro atoms. The molecule has 1 aliphatic rings. The van der Waals surface area contributed by atoms with Crippen molar-refractivity contribution in [3.8, 4) is 11.3 Å². The van der Waals surface area contributed by atoms with Crippen molar-refractivity contribution in [2.45, 2.75) is 38.6 Å². The lowest BCUT2D eigenvalue weighted by atomic mass is 9.86. The van der Waals surface area contributed by atoms with Crippen molar-refractivity contribution >= 4 is 17.5 Å². The molecule has 2 unspecified atom stereocenters. The van der Waals surface area contributed by atoms with Gasteiger partial charge in [-0.3, -0.25) is 9.59 Å². The Morgan fingerprint density at radius 1 is 1.12 bits per heavy atom. The van der Waals surface area contributed by atoms with Gasteiger partial charge in [-0.05, 0) is 48.6 Å². The molecule has 1 amide bonds. The second kappa shape index (κ2) is 7.22. The Morgan fingerprint density at radius 3 is 2.50 bits per heavy atom. The molecule has 1 heterocycles. The van der Waals surface area contributed by atoms with E-state index >= 15 is 0 Å². The maximum Gasteiger partial charge on any atom is 0.261 e. The summed E-state index contributed by atoms with van der Waals surface area (Å²) >= 11 is 5.88. The van der Waals surface area contributed by atoms with E-state index in [1.165, 1.54) is 6.42 Å². The Kier molecular flexibility index (Phi) is 5.05. The summed E-state index contributed by atoms with van der Waals surface area (Å²) in [7, 11) is 0. The van der Waals surface area contributed by atoms with Gasteiger partial charge in [0.25, 0.3) is 11.5 Å². The second-order valence-corrected chi connectivity index (χ2v) is 6.90. The minimum absolute atomic E-state index is 0.154. The molecule has 1 saturated carbocycles. The molecule has 0 aliphatic heterocycles. The highest BCUT2D eigenvalue weighted by molar-refractivity contribution is 6.30. The average Bonchev–Trinajstić information content (AvgIpc) is 2.57. The maximum atomic E-state index is 12.4. The van der Waals surface area contributed by atoms with Crippen molar-refractivity contribution < 1.29 is 4.79 Å². The molecule has 0 saturated heterocycles. The molecule has 2 atom stereocenters. The average molecular weight is 345 g/mol. The highest BCUT2D eigenvalue weighted by Gasteiger charge is 2.24. The fraction of sp³-hybridized carbons (Fsp3) is 0.368. The molecule has 0 bridgehead atoms. The molecule has 4 nitrogen and oxygen atoms in total. The minimum Gasteiger partial charge on any atom is -0.349 e. The molecular weight excluding hydrogens is 324 g/mol. The van der Waals surface area contributed by atoms with Gasteiger partial charge in [-0.2, -0.15) is 0 Å². The fourth-order valence-corrected chi connectivity index (χ4v) is 3.35. The number of aromatic amines is 1. The predicted molar refractivity (Wildman–Crippen MR) is 96.4 cm³/mol. The van der Waals surface area contributed by atoms with Gasteiger partial charge in [-0.25, -0.2) is 0 Å². The predicted octanol–water partition coefficient (Wildman–Crippen LogP) is 4.00. The van der Waals surface area contributed by atoms with Crippen LogP contribution in [-0.2, 0) is 0 Å². The van der Waals surface area contributed by atoms with E-state index in [0.29, 0.717) is 16.6 Å². The van der Waals surface area contributed by atoms with Crippen LogP contribution in [-0.4, -0.2) is 16.9 Å². The number of amides is 1. The van der Waals surface area contributed by atoms with E-state index in [9.17, 15) is 9.59 Å². The van der Waals surface area contributed by atoms with Gasteiger partial charge in [0.15, 0.2) is 0 Å². The summed E-state index contributed by atoms with van der Waals surface area (Å²) in [6.45, 7) is 2.15. The smallest absolute Gasteiger partial charge is 0.261 e. The third-order valence-electron chi connectivity index (χ3n) is 4.74. The largest absolute Gasteiger partial charge is 0.349 e. The van der Waals surface area contributed by atoms with Crippen molar-refractivity contribution in [1.82, 2.24) is 10.3 Å². The molecule has 3 rings (SSSR count). The van der Waals surface area contributed by atoms with Gasteiger partial charge in [0.05, 0.1) is 0 Å². The second-order valence-electron chi connectivity index (χ2n) is 6.46. The van der Waals surface area contributed by atoms with Crippen LogP contribution in [0.15, 0.2) is 41.2 Å². The third kappa shape index (κ3) is 3.70. The van der Waals surface area contributed by atoms with Crippen molar-refractivity contribution in [1.29, 1.82) is 0 Å². The number of nitrogens with one attached hydrogen (secondary N) is 2. The quantitative estimate of drug-likeness (QED) is 0.883. The molecule has 5 heteroatoms. The number of pyridine rings is 1. The highest BCUT2D eigenvalue weighted by Crippen LogP contribution is 2.24. The number of hydrogen-bond acceptors (Lipinski definition) is 2. The van der Waals surface area contributed by atoms with Crippen LogP contribution < -0.4 is 10.9 Å². The first kappa shape index (κ1) is 16.8. The lowest BCUT2D eigenvalue weighted by Gasteiger charge is -2.29. The van der Waals surface area contributed by atoms with Crippen molar-refractivity contribution in [2.75, 3.05) is 0 Å². The molecular formula is C19H21ClN2O2. The van der Waals surface area contributed by atoms with Crippen molar-refractivity contribution in [3.63, 3.8) is 0 Å². The number of benzene rings is 1. The van der Waals surface area contributed by atoms with Gasteiger partial charge in [0.2, 0.25) is 0 Å². The summed E-state index contributed by atoms with van der Waals surface area (Å²) in [6, 6.07) is 10.7. The normalized spacial score (nSPS) is 20.6. The van der Waals surface area contributed by atoms with Crippen molar-refractivity contribution in [2.24, 2.45) is 5.92 Å². The van der Waals surface area contributed by atoms with Crippen molar-refractivity contribution in [3.05, 3.63) is 57.3 Å². The summed E-state index contributed by atoms with van der Waals surface area (Å²) < 4.78 is 0. The number of rotatable bonds is 3. The van der Waals surface area contributed by atoms with Crippen LogP contribution in [0.1, 0.15) is 43.0 Å². The Balaban J connectivity index is 1.78. The third-order valence-corrected chi connectivity index (χ3v) is 4.99. The zero-order valence-electron chi connectivity index (χ0n) is 13.6. The van der Waals surface area contributed by atoms with E-state index in [1.54, 1.807) is 24.3 Å². The van der Waals surface area contributed by atoms with Crippen LogP contribution in [0.25, 0.3) is 11.3 Å². The summed E-state index contributed by atoms with van der Waals surface area (Å²) in [6.07, 6.45) is 4.44. The van der Waals surface area contributed by atoms with E-state index < -0.39 is 0 Å². The van der Waals surface area contributed by atoms with Crippen LogP contribution in [0.4, 0.5) is 0 Å². The standard InChI is InChI=1S/C19H21ClN2O2/c1-12-4-2-3-5-16(12)21-18(23)15-10-11-17(22-19(15)24)13-6-8-14(20)9-7-13/h6-12,16H,2-5H2,1H3,(H,21,23)(H,22,24). The Hall–Kier alpha value is -2.07. The van der Waals surface area contributed by atoms with Gasteiger partial charge in [-0.15, -0.1) is 0 Å². The number of aromatic nitrogens is 1. The molecule has 1 aliphatic carbocycles.